The molecule has 4 aromatic rings. The number of ether oxygens (including phenoxy) is 6. The Morgan fingerprint density at radius 2 is 1.14 bits per heavy atom. The first kappa shape index (κ1) is 69.6. The predicted octanol–water partition coefficient (Wildman–Crippen LogP) is 1.73. The number of esters is 2. The maximum Gasteiger partial charge on any atom is 0.327 e. The van der Waals surface area contributed by atoms with E-state index < -0.39 is 147 Å². The SMILES string of the molecule is C.COc1nc(C)nc2c1ncn2C1O[C@H](COP(=O)(NC(C)C(=O)OC(C)C)SCC2C(=O)NC(=O)N2C)[C@@H](O)[C@@]1(C)O.COc1nc(C)nc2c1ncn2[C@@H]1OC(COP(=O)(NC(C)C(=O)OC(C)C)SCC2CC(=O)NC2=O)[C@@H](O)[C@@]1(C)O. The Labute approximate surface area is 502 Å². The summed E-state index contributed by atoms with van der Waals surface area (Å²) in [6.07, 6.45) is -5.97. The van der Waals surface area contributed by atoms with E-state index in [0.717, 1.165) is 16.3 Å². The zero-order chi connectivity index (χ0) is 62.8. The van der Waals surface area contributed by atoms with Gasteiger partial charge >= 0.3 is 31.4 Å². The molecular weight excluding hydrogens is 1220 g/mol. The third-order valence-corrected chi connectivity index (χ3v) is 21.8. The third kappa shape index (κ3) is 15.5. The van der Waals surface area contributed by atoms with Gasteiger partial charge in [-0.15, -0.1) is 0 Å². The Balaban J connectivity index is 0.000000272. The molecular formula is C49H75N13O20P2S2. The first-order chi connectivity index (χ1) is 39.7. The molecule has 8 heterocycles. The van der Waals surface area contributed by atoms with E-state index >= 15 is 0 Å². The van der Waals surface area contributed by atoms with Crippen LogP contribution in [0.2, 0.25) is 0 Å². The van der Waals surface area contributed by atoms with Crippen molar-refractivity contribution in [2.45, 2.75) is 161 Å². The molecule has 8 rings (SSSR count). The molecule has 0 spiro atoms. The third-order valence-electron chi connectivity index (χ3n) is 13.6. The quantitative estimate of drug-likeness (QED) is 0.0214. The topological polar surface area (TPSA) is 430 Å². The number of aliphatic hydroxyl groups is 4. The molecule has 33 nitrogen and oxygen atoms in total. The van der Waals surface area contributed by atoms with Gasteiger partial charge in [0.2, 0.25) is 23.6 Å². The number of nitrogens with one attached hydrogen (secondary N) is 4. The Hall–Kier alpha value is -5.52. The normalized spacial score (nSPS) is 27.7. The molecule has 4 aliphatic rings. The molecule has 4 aromatic heterocycles. The molecule has 8 unspecified atom stereocenters. The van der Waals surface area contributed by atoms with Crippen molar-refractivity contribution in [3.8, 4) is 11.8 Å². The summed E-state index contributed by atoms with van der Waals surface area (Å²) in [5, 5.41) is 54.3. The molecule has 0 aliphatic carbocycles. The number of methoxy groups -OCH3 is 2. The Morgan fingerprint density at radius 1 is 0.721 bits per heavy atom. The van der Waals surface area contributed by atoms with Crippen molar-refractivity contribution in [3.63, 3.8) is 0 Å². The minimum absolute atomic E-state index is 0. The molecule has 478 valence electrons. The highest BCUT2D eigenvalue weighted by Crippen LogP contribution is 2.59. The molecule has 86 heavy (non-hydrogen) atoms. The number of nitrogens with zero attached hydrogens (tertiary/aromatic N) is 9. The van der Waals surface area contributed by atoms with Gasteiger partial charge in [0.25, 0.3) is 5.91 Å². The van der Waals surface area contributed by atoms with Crippen molar-refractivity contribution in [3.05, 3.63) is 24.3 Å². The number of amides is 5. The van der Waals surface area contributed by atoms with Gasteiger partial charge in [0.05, 0.1) is 58.2 Å². The number of aromatic nitrogens is 8. The predicted molar refractivity (Wildman–Crippen MR) is 307 cm³/mol. The van der Waals surface area contributed by atoms with E-state index in [1.54, 1.807) is 41.5 Å². The molecule has 4 saturated heterocycles. The lowest BCUT2D eigenvalue weighted by Gasteiger charge is -2.27. The second-order valence-electron chi connectivity index (χ2n) is 21.2. The van der Waals surface area contributed by atoms with Gasteiger partial charge in [0.15, 0.2) is 34.8 Å². The maximum absolute atomic E-state index is 14.0. The lowest BCUT2D eigenvalue weighted by molar-refractivity contribution is -0.149. The largest absolute Gasteiger partial charge is 0.479 e. The molecule has 8 N–H and O–H groups in total. The molecule has 37 heteroatoms. The average molecular weight is 1290 g/mol. The average Bonchev–Trinajstić information content (AvgIpc) is 1.65. The second kappa shape index (κ2) is 27.9. The monoisotopic (exact) mass is 1290 g/mol. The van der Waals surface area contributed by atoms with Crippen molar-refractivity contribution >= 4 is 94.2 Å². The first-order valence-corrected chi connectivity index (χ1v) is 32.9. The van der Waals surface area contributed by atoms with Crippen LogP contribution in [0.15, 0.2) is 12.7 Å². The number of carbonyl (C=O) groups excluding carboxylic acids is 6. The fourth-order valence-corrected chi connectivity index (χ4v) is 17.1. The van der Waals surface area contributed by atoms with E-state index in [2.05, 4.69) is 50.7 Å². The smallest absolute Gasteiger partial charge is 0.327 e. The lowest BCUT2D eigenvalue weighted by Crippen LogP contribution is -2.44. The molecule has 5 amide bonds. The van der Waals surface area contributed by atoms with Crippen molar-refractivity contribution in [1.82, 2.24) is 64.7 Å². The summed E-state index contributed by atoms with van der Waals surface area (Å²) < 4.78 is 75.3. The summed E-state index contributed by atoms with van der Waals surface area (Å²) in [5.41, 5.74) is -2.53. The van der Waals surface area contributed by atoms with Crippen molar-refractivity contribution in [1.29, 1.82) is 0 Å². The summed E-state index contributed by atoms with van der Waals surface area (Å²) in [6.45, 7) is 6.58. The van der Waals surface area contributed by atoms with Crippen LogP contribution in [0.3, 0.4) is 0 Å². The number of likely N-dealkylation sites (N-methyl/N-ethyl adjacent to an activating group) is 1. The van der Waals surface area contributed by atoms with E-state index in [-0.39, 0.29) is 42.8 Å². The molecule has 0 bridgehead atoms. The molecule has 4 aliphatic heterocycles. The zero-order valence-corrected chi connectivity index (χ0v) is 52.1. The fraction of sp³-hybridized carbons (Fsp3) is 0.673. The maximum atomic E-state index is 14.0. The van der Waals surface area contributed by atoms with Crippen LogP contribution in [-0.4, -0.2) is 212 Å². The number of imide groups is 2. The zero-order valence-electron chi connectivity index (χ0n) is 48.7. The number of imidazole rings is 2. The van der Waals surface area contributed by atoms with Gasteiger partial charge in [-0.2, -0.15) is 9.97 Å². The lowest BCUT2D eigenvalue weighted by atomic mass is 9.96. The fourth-order valence-electron chi connectivity index (χ4n) is 9.07. The number of aliphatic hydroxyl groups excluding tert-OH is 2. The van der Waals surface area contributed by atoms with Gasteiger partial charge < -0.3 is 62.8 Å². The van der Waals surface area contributed by atoms with Gasteiger partial charge in [-0.25, -0.2) is 34.9 Å². The van der Waals surface area contributed by atoms with Crippen LogP contribution in [0, 0.1) is 19.8 Å². The van der Waals surface area contributed by atoms with Gasteiger partial charge in [0.1, 0.15) is 65.4 Å². The first-order valence-electron chi connectivity index (χ1n) is 26.5. The van der Waals surface area contributed by atoms with Crippen molar-refractivity contribution < 1.29 is 95.8 Å². The Kier molecular flexibility index (Phi) is 22.6. The van der Waals surface area contributed by atoms with Gasteiger partial charge in [0, 0.05) is 25.0 Å². The highest BCUT2D eigenvalue weighted by Gasteiger charge is 2.56. The summed E-state index contributed by atoms with van der Waals surface area (Å²) >= 11 is 1.44. The number of fused-ring (bicyclic) bond motifs is 2. The molecule has 14 atom stereocenters. The Morgan fingerprint density at radius 3 is 1.50 bits per heavy atom. The van der Waals surface area contributed by atoms with Crippen LogP contribution in [-0.2, 0) is 61.1 Å². The summed E-state index contributed by atoms with van der Waals surface area (Å²) in [4.78, 5) is 99.5. The summed E-state index contributed by atoms with van der Waals surface area (Å²) in [7, 11) is 4.28. The van der Waals surface area contributed by atoms with Crippen molar-refractivity contribution in [2.24, 2.45) is 5.92 Å². The summed E-state index contributed by atoms with van der Waals surface area (Å²) in [5.74, 6) is -2.61. The number of carbonyl (C=O) groups is 6. The number of rotatable bonds is 24. The van der Waals surface area contributed by atoms with Gasteiger partial charge in [-0.1, -0.05) is 30.2 Å². The van der Waals surface area contributed by atoms with E-state index in [1.165, 1.54) is 70.8 Å². The Bertz CT molecular complexity index is 3260. The molecule has 0 radical (unpaired) electrons. The number of hydrogen-bond acceptors (Lipinski definition) is 28. The minimum atomic E-state index is -4.04. The molecule has 0 aromatic carbocycles. The van der Waals surface area contributed by atoms with Gasteiger partial charge in [-0.05, 0) is 69.2 Å². The number of hydrogen-bond donors (Lipinski definition) is 8. The number of urea groups is 1. The number of aryl methyl sites for hydroxylation is 2. The van der Waals surface area contributed by atoms with Crippen LogP contribution >= 0.6 is 36.2 Å². The highest BCUT2D eigenvalue weighted by atomic mass is 32.7. The standard InChI is InChI=1S/C24H36N7O10PS.C24H35N6O10PS.CH4/c1-11(2)40-21(34)12(3)29-42(37,43-9-14-19(33)28-23(35)30(14)6)39-8-15-17(32)24(5,36)22(41-15)31-10-25-16-18(31)26-13(4)27-20(16)38-7;1-11(2)39-22(34)12(3)29-41(36,42-9-14-7-16(31)28-20(14)33)38-8-15-18(32)24(5,35)23(40-15)30-10-25-17-19(30)26-13(4)27-21(17)37-6;/h10-12,14-15,17,22,32,36H,8-9H2,1-7H3,(H,29,37)(H,28,33,35);10-12,14-15,18,23,32,35H,7-9H2,1-6H3,(H,29,36)(H,28,31,33);1H4/t12?,14?,15-,17-,22?,24-,42?;12?,14?,15?,18-,23-,24-,41?;/m11./s1. The molecule has 4 fully saturated rings. The highest BCUT2D eigenvalue weighted by molar-refractivity contribution is 8.56. The van der Waals surface area contributed by atoms with E-state index in [0.29, 0.717) is 39.7 Å². The van der Waals surface area contributed by atoms with Crippen LogP contribution < -0.4 is 30.3 Å². The van der Waals surface area contributed by atoms with Crippen molar-refractivity contribution in [2.75, 3.05) is 46.0 Å². The second-order valence-corrected chi connectivity index (χ2v) is 29.8. The van der Waals surface area contributed by atoms with E-state index in [9.17, 15) is 58.3 Å². The molecule has 0 saturated carbocycles. The van der Waals surface area contributed by atoms with Crippen LogP contribution in [0.4, 0.5) is 4.79 Å². The van der Waals surface area contributed by atoms with Crippen LogP contribution in [0.25, 0.3) is 22.3 Å². The van der Waals surface area contributed by atoms with Gasteiger partial charge in [-0.3, -0.25) is 52.9 Å². The van der Waals surface area contributed by atoms with E-state index in [4.69, 9.17) is 37.5 Å². The summed E-state index contributed by atoms with van der Waals surface area (Å²) in [6, 6.07) is -3.69. The minimum Gasteiger partial charge on any atom is -0.479 e. The van der Waals surface area contributed by atoms with E-state index in [1.807, 2.05) is 0 Å². The van der Waals surface area contributed by atoms with Crippen LogP contribution in [0.5, 0.6) is 11.8 Å². The van der Waals surface area contributed by atoms with Crippen LogP contribution in [0.1, 0.15) is 93.3 Å².